The molecular formula is C40H72ClN3O2. The molecule has 0 amide bonds. The summed E-state index contributed by atoms with van der Waals surface area (Å²) >= 11 is 0. The van der Waals surface area contributed by atoms with E-state index in [0.717, 1.165) is 25.7 Å². The highest BCUT2D eigenvalue weighted by Crippen LogP contribution is 2.22. The van der Waals surface area contributed by atoms with Crippen molar-refractivity contribution in [1.82, 2.24) is 10.6 Å². The molecule has 266 valence electrons. The zero-order chi connectivity index (χ0) is 31.7. The Bertz CT molecular complexity index is 945. The third-order valence-corrected chi connectivity index (χ3v) is 11.5. The second-order valence-corrected chi connectivity index (χ2v) is 15.4. The highest BCUT2D eigenvalue weighted by atomic mass is 35.5. The fraction of sp³-hybridized carbons (Fsp3) is 0.875. The third-order valence-electron chi connectivity index (χ3n) is 11.5. The van der Waals surface area contributed by atoms with E-state index >= 15 is 0 Å². The summed E-state index contributed by atoms with van der Waals surface area (Å²) in [6.45, 7) is 5.47. The molecule has 1 aromatic heterocycles. The molecule has 1 aromatic rings. The van der Waals surface area contributed by atoms with Gasteiger partial charge in [-0.25, -0.2) is 4.57 Å². The Morgan fingerprint density at radius 3 is 1.59 bits per heavy atom. The van der Waals surface area contributed by atoms with Crippen LogP contribution in [0.3, 0.4) is 0 Å². The molecule has 2 saturated heterocycles. The zero-order valence-electron chi connectivity index (χ0n) is 29.9. The van der Waals surface area contributed by atoms with Crippen LogP contribution in [0.2, 0.25) is 0 Å². The van der Waals surface area contributed by atoms with Crippen molar-refractivity contribution in [2.75, 3.05) is 0 Å². The van der Waals surface area contributed by atoms with E-state index in [2.05, 4.69) is 41.3 Å². The number of hydrogen-bond donors (Lipinski definition) is 4. The maximum atomic E-state index is 9.89. The summed E-state index contributed by atoms with van der Waals surface area (Å²) in [6.07, 6.45) is 36.2. The van der Waals surface area contributed by atoms with Gasteiger partial charge in [-0.05, 0) is 84.1 Å². The van der Waals surface area contributed by atoms with E-state index in [9.17, 15) is 10.2 Å². The van der Waals surface area contributed by atoms with Gasteiger partial charge >= 0.3 is 0 Å². The van der Waals surface area contributed by atoms with Crippen molar-refractivity contribution in [3.8, 4) is 0 Å². The van der Waals surface area contributed by atoms with E-state index < -0.39 is 0 Å². The largest absolute Gasteiger partial charge is 1.00 e. The molecule has 0 radical (unpaired) electrons. The smallest absolute Gasteiger partial charge is 0.184 e. The van der Waals surface area contributed by atoms with Gasteiger partial charge in [-0.15, -0.1) is 0 Å². The average molecular weight is 662 g/mol. The summed E-state index contributed by atoms with van der Waals surface area (Å²) in [5.41, 5.74) is 4.89. The number of aromatic nitrogens is 1. The normalized spacial score (nSPS) is 26.2. The summed E-state index contributed by atoms with van der Waals surface area (Å²) in [5, 5.41) is 27.0. The van der Waals surface area contributed by atoms with E-state index in [4.69, 9.17) is 0 Å². The van der Waals surface area contributed by atoms with E-state index in [1.54, 1.807) is 16.8 Å². The molecule has 0 saturated carbocycles. The first kappa shape index (κ1) is 39.7. The molecule has 0 unspecified atom stereocenters. The third kappa shape index (κ3) is 14.4. The molecule has 3 aliphatic heterocycles. The van der Waals surface area contributed by atoms with Gasteiger partial charge in [0.05, 0.1) is 12.2 Å². The molecule has 0 spiro atoms. The number of unbranched alkanes of at least 4 members (excludes halogenated alkanes) is 14. The molecule has 0 aliphatic carbocycles. The van der Waals surface area contributed by atoms with Gasteiger partial charge in [-0.3, -0.25) is 0 Å². The summed E-state index contributed by atoms with van der Waals surface area (Å²) in [7, 11) is 0. The SMILES string of the molecule is C[C@@H]1N[C@H](CCCCCCCCCCc2cc(CCCCCCCCCC[C@@H]3CC[C@H](O)[C@H](C)N3)c3[n+](c2)CCC3)CC[C@@H]1O.[Cl-]. The van der Waals surface area contributed by atoms with Gasteiger partial charge in [0.2, 0.25) is 0 Å². The zero-order valence-corrected chi connectivity index (χ0v) is 30.7. The highest BCUT2D eigenvalue weighted by molar-refractivity contribution is 5.23. The number of aliphatic hydroxyl groups is 2. The number of halogens is 1. The van der Waals surface area contributed by atoms with Gasteiger partial charge in [0.15, 0.2) is 11.9 Å². The minimum Gasteiger partial charge on any atom is -1.00 e. The second-order valence-electron chi connectivity index (χ2n) is 15.4. The van der Waals surface area contributed by atoms with Crippen molar-refractivity contribution in [3.05, 3.63) is 29.1 Å². The first-order chi connectivity index (χ1) is 22.0. The van der Waals surface area contributed by atoms with Crippen molar-refractivity contribution in [1.29, 1.82) is 0 Å². The lowest BCUT2D eigenvalue weighted by atomic mass is 9.93. The van der Waals surface area contributed by atoms with Gasteiger partial charge in [-0.1, -0.05) is 89.9 Å². The van der Waals surface area contributed by atoms with Crippen LogP contribution in [0.25, 0.3) is 0 Å². The molecule has 3 aliphatic rings. The summed E-state index contributed by atoms with van der Waals surface area (Å²) in [6, 6.07) is 4.38. The molecule has 2 fully saturated rings. The van der Waals surface area contributed by atoms with Crippen molar-refractivity contribution in [2.45, 2.75) is 224 Å². The van der Waals surface area contributed by atoms with Crippen LogP contribution in [0.15, 0.2) is 12.3 Å². The van der Waals surface area contributed by atoms with Gasteiger partial charge in [0.1, 0.15) is 6.54 Å². The van der Waals surface area contributed by atoms with Crippen LogP contribution in [-0.2, 0) is 25.8 Å². The molecule has 4 N–H and O–H groups in total. The number of aliphatic hydroxyl groups excluding tert-OH is 2. The Morgan fingerprint density at radius 1 is 0.630 bits per heavy atom. The van der Waals surface area contributed by atoms with E-state index in [0.29, 0.717) is 12.1 Å². The van der Waals surface area contributed by atoms with E-state index in [1.807, 2.05) is 0 Å². The monoisotopic (exact) mass is 662 g/mol. The molecule has 0 aromatic carbocycles. The topological polar surface area (TPSA) is 68.4 Å². The molecule has 4 rings (SSSR count). The van der Waals surface area contributed by atoms with Crippen LogP contribution in [0.5, 0.6) is 0 Å². The van der Waals surface area contributed by atoms with Crippen LogP contribution < -0.4 is 27.6 Å². The predicted molar refractivity (Wildman–Crippen MR) is 189 cm³/mol. The van der Waals surface area contributed by atoms with Crippen molar-refractivity contribution in [2.24, 2.45) is 0 Å². The number of fused-ring (bicyclic) bond motifs is 1. The summed E-state index contributed by atoms with van der Waals surface area (Å²) in [5.74, 6) is 0. The van der Waals surface area contributed by atoms with E-state index in [-0.39, 0.29) is 36.7 Å². The standard InChI is InChI=1S/C40H72N3O2.ClH/c1-32-39(44)27-25-36(41-32)22-17-13-9-5-3-7-11-15-20-34-30-35(38-24-19-29-43(38)31-34)21-16-12-8-4-6-10-14-18-23-37-26-28-40(45)33(2)42-37;/h30-33,36-37,39-42,44-45H,3-29H2,1-2H3;1H/q+1;/p-1/t32-,33-,36+,37+,39-,40-;/m0./s1. The number of nitrogens with zero attached hydrogens (tertiary/aromatic N) is 1. The Kier molecular flexibility index (Phi) is 19.7. The van der Waals surface area contributed by atoms with E-state index in [1.165, 1.54) is 148 Å². The Hall–Kier alpha value is -0.720. The van der Waals surface area contributed by atoms with Crippen LogP contribution >= 0.6 is 0 Å². The predicted octanol–water partition coefficient (Wildman–Crippen LogP) is 5.03. The number of piperidine rings is 2. The number of pyridine rings is 1. The minimum atomic E-state index is -0.146. The Labute approximate surface area is 289 Å². The fourth-order valence-corrected chi connectivity index (χ4v) is 8.46. The number of hydrogen-bond acceptors (Lipinski definition) is 4. The van der Waals surface area contributed by atoms with Crippen molar-refractivity contribution < 1.29 is 27.2 Å². The van der Waals surface area contributed by atoms with Gasteiger partial charge < -0.3 is 33.3 Å². The molecule has 46 heavy (non-hydrogen) atoms. The average Bonchev–Trinajstić information content (AvgIpc) is 3.51. The van der Waals surface area contributed by atoms with Gasteiger partial charge in [-0.2, -0.15) is 0 Å². The maximum absolute atomic E-state index is 9.89. The highest BCUT2D eigenvalue weighted by Gasteiger charge is 2.26. The molecular weight excluding hydrogens is 590 g/mol. The van der Waals surface area contributed by atoms with Crippen molar-refractivity contribution in [3.63, 3.8) is 0 Å². The maximum Gasteiger partial charge on any atom is 0.184 e. The van der Waals surface area contributed by atoms with Gasteiger partial charge in [0.25, 0.3) is 0 Å². The van der Waals surface area contributed by atoms with Crippen LogP contribution in [-0.4, -0.2) is 46.6 Å². The molecule has 5 nitrogen and oxygen atoms in total. The minimum absolute atomic E-state index is 0. The first-order valence-corrected chi connectivity index (χ1v) is 19.9. The first-order valence-electron chi connectivity index (χ1n) is 19.9. The van der Waals surface area contributed by atoms with Crippen LogP contribution in [0.4, 0.5) is 0 Å². The lowest BCUT2D eigenvalue weighted by molar-refractivity contribution is -0.691. The Balaban J connectivity index is 0.00000576. The van der Waals surface area contributed by atoms with Crippen molar-refractivity contribution >= 4 is 0 Å². The number of rotatable bonds is 22. The van der Waals surface area contributed by atoms with Gasteiger partial charge in [0, 0.05) is 48.1 Å². The summed E-state index contributed by atoms with van der Waals surface area (Å²) < 4.78 is 2.60. The molecule has 0 bridgehead atoms. The van der Waals surface area contributed by atoms with Crippen LogP contribution in [0.1, 0.15) is 178 Å². The molecule has 6 heteroatoms. The number of nitrogens with one attached hydrogen (secondary N) is 2. The lowest BCUT2D eigenvalue weighted by Crippen LogP contribution is -3.00. The quantitative estimate of drug-likeness (QED) is 0.104. The summed E-state index contributed by atoms with van der Waals surface area (Å²) in [4.78, 5) is 0. The fourth-order valence-electron chi connectivity index (χ4n) is 8.46. The lowest BCUT2D eigenvalue weighted by Gasteiger charge is -2.32. The second kappa shape index (κ2) is 22.8. The number of aryl methyl sites for hydroxylation is 3. The van der Waals surface area contributed by atoms with Crippen LogP contribution in [0, 0.1) is 0 Å². The molecule has 4 heterocycles. The molecule has 6 atom stereocenters. The Morgan fingerprint density at radius 2 is 1.09 bits per heavy atom.